The van der Waals surface area contributed by atoms with Crippen LogP contribution in [0.15, 0.2) is 12.1 Å². The van der Waals surface area contributed by atoms with Crippen LogP contribution in [-0.2, 0) is 0 Å². The maximum Gasteiger partial charge on any atom is 0.254 e. The molecule has 0 saturated carbocycles. The van der Waals surface area contributed by atoms with E-state index < -0.39 is 28.6 Å². The molecule has 17 heavy (non-hydrogen) atoms. The number of nitrogens with two attached hydrogens (primary N) is 1. The fraction of sp³-hybridized carbons (Fsp3) is 0.364. The first kappa shape index (κ1) is 13.9. The molecule has 1 aromatic carbocycles. The molecule has 0 aliphatic carbocycles. The van der Waals surface area contributed by atoms with E-state index in [9.17, 15) is 13.6 Å². The summed E-state index contributed by atoms with van der Waals surface area (Å²) in [6.07, 6.45) is 0. The van der Waals surface area contributed by atoms with Crippen molar-refractivity contribution < 1.29 is 13.6 Å². The summed E-state index contributed by atoms with van der Waals surface area (Å²) in [5, 5.41) is 2.05. The second kappa shape index (κ2) is 4.98. The van der Waals surface area contributed by atoms with Crippen LogP contribution in [-0.4, -0.2) is 18.0 Å². The molecule has 3 N–H and O–H groups in total. The number of benzene rings is 1. The number of hydrogen-bond acceptors (Lipinski definition) is 2. The van der Waals surface area contributed by atoms with E-state index in [2.05, 4.69) is 5.32 Å². The first-order valence-corrected chi connectivity index (χ1v) is 5.30. The van der Waals surface area contributed by atoms with Gasteiger partial charge in [-0.15, -0.1) is 0 Å². The summed E-state index contributed by atoms with van der Waals surface area (Å²) in [5.74, 6) is -2.44. The van der Waals surface area contributed by atoms with E-state index in [0.717, 1.165) is 12.1 Å². The topological polar surface area (TPSA) is 55.1 Å². The second-order valence-electron chi connectivity index (χ2n) is 4.42. The Morgan fingerprint density at radius 2 is 2.00 bits per heavy atom. The molecule has 0 aliphatic heterocycles. The van der Waals surface area contributed by atoms with E-state index in [1.807, 2.05) is 0 Å². The average Bonchev–Trinajstić information content (AvgIpc) is 2.19. The van der Waals surface area contributed by atoms with E-state index in [0.29, 0.717) is 0 Å². The number of rotatable bonds is 3. The summed E-state index contributed by atoms with van der Waals surface area (Å²) in [6.45, 7) is 3.55. The minimum atomic E-state index is -0.872. The zero-order valence-electron chi connectivity index (χ0n) is 9.48. The minimum Gasteiger partial charge on any atom is -0.350 e. The molecule has 0 fully saturated rings. The van der Waals surface area contributed by atoms with E-state index in [1.54, 1.807) is 13.8 Å². The molecule has 0 spiro atoms. The van der Waals surface area contributed by atoms with Gasteiger partial charge >= 0.3 is 0 Å². The summed E-state index contributed by atoms with van der Waals surface area (Å²) < 4.78 is 26.4. The van der Waals surface area contributed by atoms with Crippen LogP contribution in [0.25, 0.3) is 0 Å². The molecule has 0 aromatic heterocycles. The molecule has 1 aromatic rings. The highest BCUT2D eigenvalue weighted by atomic mass is 35.5. The Morgan fingerprint density at radius 1 is 1.41 bits per heavy atom. The van der Waals surface area contributed by atoms with Crippen LogP contribution >= 0.6 is 11.6 Å². The van der Waals surface area contributed by atoms with Crippen molar-refractivity contribution in [3.63, 3.8) is 0 Å². The molecule has 0 unspecified atom stereocenters. The van der Waals surface area contributed by atoms with Crippen LogP contribution in [0.4, 0.5) is 8.78 Å². The molecular formula is C11H13ClF2N2O. The predicted octanol–water partition coefficient (Wildman–Crippen LogP) is 2.09. The van der Waals surface area contributed by atoms with Crippen LogP contribution in [0.5, 0.6) is 0 Å². The summed E-state index contributed by atoms with van der Waals surface area (Å²) in [6, 6.07) is 1.52. The highest BCUT2D eigenvalue weighted by Crippen LogP contribution is 2.19. The Morgan fingerprint density at radius 3 is 2.53 bits per heavy atom. The lowest BCUT2D eigenvalue weighted by Crippen LogP contribution is -2.45. The first-order chi connectivity index (χ1) is 7.70. The third kappa shape index (κ3) is 3.94. The Kier molecular flexibility index (Phi) is 4.06. The lowest BCUT2D eigenvalue weighted by molar-refractivity contribution is 0.0941. The van der Waals surface area contributed by atoms with E-state index in [1.165, 1.54) is 0 Å². The monoisotopic (exact) mass is 262 g/mol. The summed E-state index contributed by atoms with van der Waals surface area (Å²) in [7, 11) is 0. The van der Waals surface area contributed by atoms with Gasteiger partial charge in [0.15, 0.2) is 0 Å². The molecule has 0 aliphatic rings. The number of amides is 1. The zero-order chi connectivity index (χ0) is 13.2. The van der Waals surface area contributed by atoms with Crippen molar-refractivity contribution in [1.82, 2.24) is 5.32 Å². The third-order valence-electron chi connectivity index (χ3n) is 1.96. The van der Waals surface area contributed by atoms with E-state index >= 15 is 0 Å². The number of hydrogen-bond donors (Lipinski definition) is 2. The number of halogens is 3. The normalized spacial score (nSPS) is 11.4. The fourth-order valence-corrected chi connectivity index (χ4v) is 1.25. The molecule has 0 heterocycles. The van der Waals surface area contributed by atoms with Gasteiger partial charge in [-0.2, -0.15) is 0 Å². The van der Waals surface area contributed by atoms with Gasteiger partial charge in [-0.3, -0.25) is 4.79 Å². The van der Waals surface area contributed by atoms with Gasteiger partial charge in [-0.05, 0) is 26.0 Å². The van der Waals surface area contributed by atoms with Crippen molar-refractivity contribution in [1.29, 1.82) is 0 Å². The molecule has 0 radical (unpaired) electrons. The lowest BCUT2D eigenvalue weighted by Gasteiger charge is -2.19. The van der Waals surface area contributed by atoms with Gasteiger partial charge in [-0.1, -0.05) is 11.6 Å². The number of nitrogens with one attached hydrogen (secondary N) is 1. The van der Waals surface area contributed by atoms with Gasteiger partial charge in [0, 0.05) is 12.1 Å². The highest BCUT2D eigenvalue weighted by molar-refractivity contribution is 6.30. The molecule has 1 amide bonds. The number of carbonyl (C=O) groups excluding carboxylic acids is 1. The van der Waals surface area contributed by atoms with Gasteiger partial charge in [0.2, 0.25) is 0 Å². The lowest BCUT2D eigenvalue weighted by atomic mass is 10.1. The van der Waals surface area contributed by atoms with Crippen molar-refractivity contribution in [2.24, 2.45) is 5.73 Å². The van der Waals surface area contributed by atoms with Crippen LogP contribution in [0.1, 0.15) is 24.2 Å². The molecule has 6 heteroatoms. The van der Waals surface area contributed by atoms with Crippen LogP contribution in [0, 0.1) is 11.6 Å². The van der Waals surface area contributed by atoms with Gasteiger partial charge in [0.25, 0.3) is 5.91 Å². The summed E-state index contributed by atoms with van der Waals surface area (Å²) in [4.78, 5) is 11.6. The molecule has 0 atom stereocenters. The standard InChI is InChI=1S/C11H13ClF2N2O/c1-11(2,15)5-16-10(17)6-3-9(14)7(12)4-8(6)13/h3-4H,5,15H2,1-2H3,(H,16,17). The fourth-order valence-electron chi connectivity index (χ4n) is 1.10. The van der Waals surface area contributed by atoms with Crippen LogP contribution < -0.4 is 11.1 Å². The quantitative estimate of drug-likeness (QED) is 0.820. The predicted molar refractivity (Wildman–Crippen MR) is 62.0 cm³/mol. The molecule has 0 bridgehead atoms. The van der Waals surface area contributed by atoms with Crippen molar-refractivity contribution >= 4 is 17.5 Å². The second-order valence-corrected chi connectivity index (χ2v) is 4.82. The van der Waals surface area contributed by atoms with E-state index in [-0.39, 0.29) is 11.6 Å². The SMILES string of the molecule is CC(C)(N)CNC(=O)c1cc(F)c(Cl)cc1F. The Hall–Kier alpha value is -1.20. The molecular weight excluding hydrogens is 250 g/mol. The van der Waals surface area contributed by atoms with Crippen molar-refractivity contribution in [2.75, 3.05) is 6.54 Å². The molecule has 3 nitrogen and oxygen atoms in total. The number of carbonyl (C=O) groups is 1. The summed E-state index contributed by atoms with van der Waals surface area (Å²) >= 11 is 5.37. The third-order valence-corrected chi connectivity index (χ3v) is 2.25. The van der Waals surface area contributed by atoms with E-state index in [4.69, 9.17) is 17.3 Å². The van der Waals surface area contributed by atoms with Gasteiger partial charge in [-0.25, -0.2) is 8.78 Å². The molecule has 1 rings (SSSR count). The Labute approximate surface area is 103 Å². The highest BCUT2D eigenvalue weighted by Gasteiger charge is 2.18. The maximum atomic E-state index is 13.4. The molecule has 94 valence electrons. The molecule has 0 saturated heterocycles. The van der Waals surface area contributed by atoms with Crippen molar-refractivity contribution in [2.45, 2.75) is 19.4 Å². The van der Waals surface area contributed by atoms with Gasteiger partial charge in [0.1, 0.15) is 11.6 Å². The zero-order valence-corrected chi connectivity index (χ0v) is 10.2. The van der Waals surface area contributed by atoms with Gasteiger partial charge in [0.05, 0.1) is 10.6 Å². The first-order valence-electron chi connectivity index (χ1n) is 4.92. The average molecular weight is 263 g/mol. The van der Waals surface area contributed by atoms with Crippen molar-refractivity contribution in [3.8, 4) is 0 Å². The van der Waals surface area contributed by atoms with Crippen LogP contribution in [0.2, 0.25) is 5.02 Å². The Balaban J connectivity index is 2.86. The summed E-state index contributed by atoms with van der Waals surface area (Å²) in [5.41, 5.74) is 4.63. The minimum absolute atomic E-state index is 0.148. The van der Waals surface area contributed by atoms with Crippen molar-refractivity contribution in [3.05, 3.63) is 34.4 Å². The largest absolute Gasteiger partial charge is 0.350 e. The Bertz CT molecular complexity index is 444. The van der Waals surface area contributed by atoms with Crippen LogP contribution in [0.3, 0.4) is 0 Å². The van der Waals surface area contributed by atoms with Gasteiger partial charge < -0.3 is 11.1 Å². The maximum absolute atomic E-state index is 13.4. The smallest absolute Gasteiger partial charge is 0.254 e.